The summed E-state index contributed by atoms with van der Waals surface area (Å²) < 4.78 is 23.0. The molecule has 3 heterocycles. The number of rotatable bonds is 7. The smallest absolute Gasteiger partial charge is 0.307 e. The fourth-order valence-corrected chi connectivity index (χ4v) is 5.40. The molecule has 8 heteroatoms. The molecule has 1 saturated heterocycles. The summed E-state index contributed by atoms with van der Waals surface area (Å²) in [5.74, 6) is 2.42. The molecule has 3 aromatic rings. The summed E-state index contributed by atoms with van der Waals surface area (Å²) in [6.45, 7) is 15.7. The molecular weight excluding hydrogens is 506 g/mol. The first-order chi connectivity index (χ1) is 18.9. The van der Waals surface area contributed by atoms with Crippen molar-refractivity contribution in [3.8, 4) is 22.9 Å². The molecule has 8 nitrogen and oxygen atoms in total. The number of esters is 1. The Bertz CT molecular complexity index is 1330. The van der Waals surface area contributed by atoms with E-state index >= 15 is 0 Å². The number of carbonyl (C=O) groups is 1. The van der Waals surface area contributed by atoms with Crippen LogP contribution in [0.5, 0.6) is 11.5 Å². The Hall–Kier alpha value is -3.39. The van der Waals surface area contributed by atoms with Crippen LogP contribution in [-0.4, -0.2) is 52.9 Å². The molecule has 2 aliphatic heterocycles. The van der Waals surface area contributed by atoms with Gasteiger partial charge in [0.2, 0.25) is 5.82 Å². The van der Waals surface area contributed by atoms with Gasteiger partial charge in [0.05, 0.1) is 13.0 Å². The molecule has 40 heavy (non-hydrogen) atoms. The van der Waals surface area contributed by atoms with E-state index in [0.717, 1.165) is 43.8 Å². The van der Waals surface area contributed by atoms with Crippen molar-refractivity contribution in [2.24, 2.45) is 0 Å². The molecule has 5 rings (SSSR count). The molecule has 0 unspecified atom stereocenters. The number of ether oxygens (including phenoxy) is 3. The van der Waals surface area contributed by atoms with Crippen LogP contribution < -0.4 is 9.47 Å². The molecule has 0 bridgehead atoms. The Morgan fingerprint density at radius 2 is 1.75 bits per heavy atom. The number of piperidine rings is 1. The standard InChI is InChI=1S/C32H41N3O5/c1-30(2,3)23-9-7-22(8-10-23)29-33-27(40-34-29)20-37-24-11-12-25-26(19-24)38-21-32(25)14-17-35(18-15-32)16-13-28(36)39-31(4,5)6/h7-12,19H,13-18,20-21H2,1-6H3. The van der Waals surface area contributed by atoms with Gasteiger partial charge in [0.25, 0.3) is 5.89 Å². The van der Waals surface area contributed by atoms with Gasteiger partial charge in [-0.15, -0.1) is 0 Å². The second-order valence-corrected chi connectivity index (χ2v) is 13.0. The van der Waals surface area contributed by atoms with Crippen LogP contribution in [0.1, 0.15) is 77.8 Å². The first kappa shape index (κ1) is 28.1. The molecule has 0 aliphatic carbocycles. The average Bonchev–Trinajstić information content (AvgIpc) is 3.51. The molecule has 1 aromatic heterocycles. The highest BCUT2D eigenvalue weighted by Crippen LogP contribution is 2.46. The van der Waals surface area contributed by atoms with Crippen LogP contribution in [0, 0.1) is 0 Å². The van der Waals surface area contributed by atoms with Crippen LogP contribution in [0.2, 0.25) is 0 Å². The maximum absolute atomic E-state index is 12.1. The zero-order valence-corrected chi connectivity index (χ0v) is 24.6. The third-order valence-electron chi connectivity index (χ3n) is 7.73. The zero-order valence-electron chi connectivity index (χ0n) is 24.6. The summed E-state index contributed by atoms with van der Waals surface area (Å²) in [5, 5.41) is 4.13. The number of carbonyl (C=O) groups excluding carboxylic acids is 1. The summed E-state index contributed by atoms with van der Waals surface area (Å²) in [7, 11) is 0. The largest absolute Gasteiger partial charge is 0.492 e. The number of fused-ring (bicyclic) bond motifs is 2. The molecular formula is C32H41N3O5. The average molecular weight is 548 g/mol. The van der Waals surface area contributed by atoms with Gasteiger partial charge in [0, 0.05) is 29.2 Å². The molecule has 2 aliphatic rings. The van der Waals surface area contributed by atoms with E-state index in [4.69, 9.17) is 18.7 Å². The van der Waals surface area contributed by atoms with Gasteiger partial charge in [-0.05, 0) is 63.7 Å². The summed E-state index contributed by atoms with van der Waals surface area (Å²) in [6, 6.07) is 14.3. The van der Waals surface area contributed by atoms with E-state index in [-0.39, 0.29) is 23.4 Å². The lowest BCUT2D eigenvalue weighted by molar-refractivity contribution is -0.155. The molecule has 0 amide bonds. The lowest BCUT2D eigenvalue weighted by atomic mass is 9.74. The number of benzene rings is 2. The highest BCUT2D eigenvalue weighted by atomic mass is 16.6. The van der Waals surface area contributed by atoms with Gasteiger partial charge in [-0.3, -0.25) is 4.79 Å². The normalized spacial score (nSPS) is 16.9. The molecule has 0 N–H and O–H groups in total. The van der Waals surface area contributed by atoms with Gasteiger partial charge in [0.15, 0.2) is 6.61 Å². The van der Waals surface area contributed by atoms with Gasteiger partial charge in [0.1, 0.15) is 17.1 Å². The fraction of sp³-hybridized carbons (Fsp3) is 0.531. The van der Waals surface area contributed by atoms with Crippen molar-refractivity contribution in [2.75, 3.05) is 26.2 Å². The summed E-state index contributed by atoms with van der Waals surface area (Å²) in [4.78, 5) is 19.0. The van der Waals surface area contributed by atoms with Crippen LogP contribution in [-0.2, 0) is 27.0 Å². The van der Waals surface area contributed by atoms with Gasteiger partial charge in [-0.2, -0.15) is 4.98 Å². The predicted molar refractivity (Wildman–Crippen MR) is 153 cm³/mol. The first-order valence-corrected chi connectivity index (χ1v) is 14.2. The van der Waals surface area contributed by atoms with E-state index in [9.17, 15) is 4.79 Å². The third-order valence-corrected chi connectivity index (χ3v) is 7.73. The Morgan fingerprint density at radius 3 is 2.42 bits per heavy atom. The van der Waals surface area contributed by atoms with E-state index in [1.54, 1.807) is 0 Å². The van der Waals surface area contributed by atoms with Crippen molar-refractivity contribution in [2.45, 2.75) is 83.8 Å². The maximum atomic E-state index is 12.1. The summed E-state index contributed by atoms with van der Waals surface area (Å²) >= 11 is 0. The van der Waals surface area contributed by atoms with Crippen molar-refractivity contribution in [3.63, 3.8) is 0 Å². The van der Waals surface area contributed by atoms with E-state index in [1.165, 1.54) is 11.1 Å². The van der Waals surface area contributed by atoms with E-state index in [2.05, 4.69) is 54.0 Å². The highest BCUT2D eigenvalue weighted by molar-refractivity contribution is 5.70. The molecule has 214 valence electrons. The third kappa shape index (κ3) is 6.49. The number of likely N-dealkylation sites (tertiary alicyclic amines) is 1. The SMILES string of the molecule is CC(C)(C)OC(=O)CCN1CCC2(CC1)COc1cc(OCc3nc(-c4ccc(C(C)(C)C)cc4)no3)ccc12. The van der Waals surface area contributed by atoms with Gasteiger partial charge in [-0.1, -0.05) is 56.3 Å². The maximum Gasteiger partial charge on any atom is 0.307 e. The molecule has 0 atom stereocenters. The lowest BCUT2D eigenvalue weighted by Crippen LogP contribution is -2.44. The minimum absolute atomic E-state index is 0.0141. The van der Waals surface area contributed by atoms with Gasteiger partial charge in [-0.25, -0.2) is 0 Å². The number of hydrogen-bond donors (Lipinski definition) is 0. The second kappa shape index (κ2) is 10.9. The minimum Gasteiger partial charge on any atom is -0.492 e. The van der Waals surface area contributed by atoms with E-state index in [1.807, 2.05) is 45.0 Å². The number of nitrogens with zero attached hydrogens (tertiary/aromatic N) is 3. The molecule has 1 spiro atoms. The van der Waals surface area contributed by atoms with Crippen molar-refractivity contribution in [1.82, 2.24) is 15.0 Å². The quantitative estimate of drug-likeness (QED) is 0.330. The number of aromatic nitrogens is 2. The summed E-state index contributed by atoms with van der Waals surface area (Å²) in [5.41, 5.74) is 3.08. The van der Waals surface area contributed by atoms with Gasteiger partial charge >= 0.3 is 5.97 Å². The Kier molecular flexibility index (Phi) is 7.66. The zero-order chi connectivity index (χ0) is 28.5. The fourth-order valence-electron chi connectivity index (χ4n) is 5.40. The highest BCUT2D eigenvalue weighted by Gasteiger charge is 2.43. The van der Waals surface area contributed by atoms with Crippen molar-refractivity contribution in [3.05, 3.63) is 59.5 Å². The van der Waals surface area contributed by atoms with Gasteiger partial charge < -0.3 is 23.6 Å². The lowest BCUT2D eigenvalue weighted by Gasteiger charge is -2.38. The molecule has 1 fully saturated rings. The van der Waals surface area contributed by atoms with Crippen molar-refractivity contribution < 1.29 is 23.5 Å². The predicted octanol–water partition coefficient (Wildman–Crippen LogP) is 6.07. The first-order valence-electron chi connectivity index (χ1n) is 14.2. The molecule has 2 aromatic carbocycles. The van der Waals surface area contributed by atoms with Crippen LogP contribution in [0.15, 0.2) is 47.0 Å². The Labute approximate surface area is 237 Å². The summed E-state index contributed by atoms with van der Waals surface area (Å²) in [6.07, 6.45) is 2.41. The van der Waals surface area contributed by atoms with E-state index in [0.29, 0.717) is 30.5 Å². The van der Waals surface area contributed by atoms with Crippen molar-refractivity contribution >= 4 is 5.97 Å². The van der Waals surface area contributed by atoms with Crippen molar-refractivity contribution in [1.29, 1.82) is 0 Å². The topological polar surface area (TPSA) is 86.9 Å². The molecule has 0 saturated carbocycles. The number of hydrogen-bond acceptors (Lipinski definition) is 8. The minimum atomic E-state index is -0.441. The Morgan fingerprint density at radius 1 is 1.02 bits per heavy atom. The monoisotopic (exact) mass is 547 g/mol. The second-order valence-electron chi connectivity index (χ2n) is 13.0. The van der Waals surface area contributed by atoms with Crippen LogP contribution in [0.4, 0.5) is 0 Å². The molecule has 0 radical (unpaired) electrons. The van der Waals surface area contributed by atoms with Crippen LogP contribution in [0.25, 0.3) is 11.4 Å². The van der Waals surface area contributed by atoms with E-state index < -0.39 is 5.60 Å². The van der Waals surface area contributed by atoms with Crippen LogP contribution >= 0.6 is 0 Å². The Balaban J connectivity index is 1.14. The van der Waals surface area contributed by atoms with Crippen LogP contribution in [0.3, 0.4) is 0 Å².